The van der Waals surface area contributed by atoms with Gasteiger partial charge < -0.3 is 14.5 Å². The van der Waals surface area contributed by atoms with Crippen molar-refractivity contribution in [3.8, 4) is 0 Å². The molecule has 1 atom stereocenters. The number of nitrogens with zero attached hydrogens (tertiary/aromatic N) is 2. The van der Waals surface area contributed by atoms with E-state index in [0.717, 1.165) is 12.5 Å². The standard InChI is InChI=1S/C13H14N2O4S/c1-8(6-9-4-3-5-20-9)15(2)12(16)10-7-11(13(17)18)19-14-10/h3-5,7-8H,6H2,1-2H3,(H,17,18). The molecule has 6 nitrogen and oxygen atoms in total. The third kappa shape index (κ3) is 3.05. The third-order valence-corrected chi connectivity index (χ3v) is 3.90. The van der Waals surface area contributed by atoms with Crippen LogP contribution in [0.2, 0.25) is 0 Å². The summed E-state index contributed by atoms with van der Waals surface area (Å²) in [5.74, 6) is -1.94. The largest absolute Gasteiger partial charge is 0.475 e. The molecule has 2 aromatic heterocycles. The molecule has 20 heavy (non-hydrogen) atoms. The second-order valence-electron chi connectivity index (χ2n) is 4.43. The van der Waals surface area contributed by atoms with Crippen LogP contribution >= 0.6 is 11.3 Å². The van der Waals surface area contributed by atoms with Crippen molar-refractivity contribution in [2.45, 2.75) is 19.4 Å². The Morgan fingerprint density at radius 3 is 2.85 bits per heavy atom. The maximum atomic E-state index is 12.2. The Kier molecular flexibility index (Phi) is 4.19. The van der Waals surface area contributed by atoms with E-state index in [1.165, 1.54) is 9.78 Å². The van der Waals surface area contributed by atoms with Crippen LogP contribution in [-0.4, -0.2) is 40.1 Å². The quantitative estimate of drug-likeness (QED) is 0.913. The lowest BCUT2D eigenvalue weighted by atomic mass is 10.1. The molecule has 0 aliphatic rings. The molecule has 0 bridgehead atoms. The van der Waals surface area contributed by atoms with Gasteiger partial charge in [0.15, 0.2) is 5.69 Å². The number of aromatic nitrogens is 1. The molecular weight excluding hydrogens is 280 g/mol. The normalized spacial score (nSPS) is 12.1. The minimum atomic E-state index is -1.24. The Hall–Kier alpha value is -2.15. The van der Waals surface area contributed by atoms with Gasteiger partial charge in [-0.3, -0.25) is 4.79 Å². The van der Waals surface area contributed by atoms with E-state index in [4.69, 9.17) is 5.11 Å². The van der Waals surface area contributed by atoms with E-state index in [0.29, 0.717) is 0 Å². The third-order valence-electron chi connectivity index (χ3n) is 3.00. The van der Waals surface area contributed by atoms with E-state index < -0.39 is 5.97 Å². The van der Waals surface area contributed by atoms with Crippen molar-refractivity contribution < 1.29 is 19.2 Å². The lowest BCUT2D eigenvalue weighted by Gasteiger charge is -2.23. The predicted molar refractivity (Wildman–Crippen MR) is 73.0 cm³/mol. The Morgan fingerprint density at radius 2 is 2.30 bits per heavy atom. The number of amides is 1. The SMILES string of the molecule is CC(Cc1cccs1)N(C)C(=O)c1cc(C(=O)O)on1. The van der Waals surface area contributed by atoms with Gasteiger partial charge in [-0.2, -0.15) is 0 Å². The monoisotopic (exact) mass is 294 g/mol. The number of carbonyl (C=O) groups is 2. The van der Waals surface area contributed by atoms with Crippen LogP contribution in [0.3, 0.4) is 0 Å². The van der Waals surface area contributed by atoms with Gasteiger partial charge >= 0.3 is 5.97 Å². The van der Waals surface area contributed by atoms with Crippen molar-refractivity contribution in [1.82, 2.24) is 10.1 Å². The fraction of sp³-hybridized carbons (Fsp3) is 0.308. The number of carbonyl (C=O) groups excluding carboxylic acids is 1. The van der Waals surface area contributed by atoms with E-state index in [2.05, 4.69) is 9.68 Å². The molecule has 0 fully saturated rings. The zero-order chi connectivity index (χ0) is 14.7. The molecule has 0 radical (unpaired) electrons. The molecule has 0 saturated heterocycles. The molecule has 0 aromatic carbocycles. The molecule has 1 amide bonds. The maximum Gasteiger partial charge on any atom is 0.374 e. The van der Waals surface area contributed by atoms with Crippen LogP contribution in [0.1, 0.15) is 32.8 Å². The molecule has 2 aromatic rings. The van der Waals surface area contributed by atoms with Crippen molar-refractivity contribution in [2.75, 3.05) is 7.05 Å². The van der Waals surface area contributed by atoms with Crippen LogP contribution in [0.4, 0.5) is 0 Å². The first kappa shape index (κ1) is 14.3. The number of aromatic carboxylic acids is 1. The lowest BCUT2D eigenvalue weighted by molar-refractivity contribution is 0.0648. The summed E-state index contributed by atoms with van der Waals surface area (Å²) in [4.78, 5) is 25.6. The van der Waals surface area contributed by atoms with Gasteiger partial charge in [0.05, 0.1) is 0 Å². The van der Waals surface area contributed by atoms with Gasteiger partial charge in [0.1, 0.15) is 0 Å². The maximum absolute atomic E-state index is 12.2. The highest BCUT2D eigenvalue weighted by atomic mass is 32.1. The van der Waals surface area contributed by atoms with Crippen LogP contribution < -0.4 is 0 Å². The summed E-state index contributed by atoms with van der Waals surface area (Å²) in [6.45, 7) is 1.93. The molecule has 1 unspecified atom stereocenters. The van der Waals surface area contributed by atoms with Crippen LogP contribution in [0.5, 0.6) is 0 Å². The number of hydrogen-bond donors (Lipinski definition) is 1. The van der Waals surface area contributed by atoms with E-state index >= 15 is 0 Å². The fourth-order valence-electron chi connectivity index (χ4n) is 1.71. The zero-order valence-corrected chi connectivity index (χ0v) is 11.9. The average Bonchev–Trinajstić information content (AvgIpc) is 3.07. The molecule has 0 spiro atoms. The summed E-state index contributed by atoms with van der Waals surface area (Å²) in [6.07, 6.45) is 0.740. The molecule has 0 aliphatic carbocycles. The second kappa shape index (κ2) is 5.87. The van der Waals surface area contributed by atoms with Gasteiger partial charge in [0, 0.05) is 30.5 Å². The predicted octanol–water partition coefficient (Wildman–Crippen LogP) is 2.14. The van der Waals surface area contributed by atoms with Crippen LogP contribution in [0, 0.1) is 0 Å². The van der Waals surface area contributed by atoms with Crippen molar-refractivity contribution in [3.05, 3.63) is 39.9 Å². The van der Waals surface area contributed by atoms with Crippen molar-refractivity contribution in [1.29, 1.82) is 0 Å². The summed E-state index contributed by atoms with van der Waals surface area (Å²) in [6, 6.07) is 5.09. The molecule has 2 heterocycles. The number of carboxylic acid groups (broad SMARTS) is 1. The smallest absolute Gasteiger partial charge is 0.374 e. The molecule has 2 rings (SSSR count). The van der Waals surface area contributed by atoms with Crippen molar-refractivity contribution in [3.63, 3.8) is 0 Å². The summed E-state index contributed by atoms with van der Waals surface area (Å²) in [5.41, 5.74) is 0.00271. The second-order valence-corrected chi connectivity index (χ2v) is 5.46. The van der Waals surface area contributed by atoms with Gasteiger partial charge in [-0.15, -0.1) is 11.3 Å². The number of likely N-dealkylation sites (N-methyl/N-ethyl adjacent to an activating group) is 1. The average molecular weight is 294 g/mol. The van der Waals surface area contributed by atoms with Crippen molar-refractivity contribution in [2.24, 2.45) is 0 Å². The van der Waals surface area contributed by atoms with Gasteiger partial charge in [0.2, 0.25) is 5.76 Å². The number of carboxylic acids is 1. The molecule has 0 saturated carbocycles. The zero-order valence-electron chi connectivity index (χ0n) is 11.1. The summed E-state index contributed by atoms with van der Waals surface area (Å²) >= 11 is 1.63. The van der Waals surface area contributed by atoms with E-state index in [-0.39, 0.29) is 23.4 Å². The molecule has 1 N–H and O–H groups in total. The highest BCUT2D eigenvalue weighted by Gasteiger charge is 2.23. The van der Waals surface area contributed by atoms with Gasteiger partial charge in [-0.25, -0.2) is 4.79 Å². The van der Waals surface area contributed by atoms with E-state index in [1.54, 1.807) is 18.4 Å². The van der Waals surface area contributed by atoms with Gasteiger partial charge in [0.25, 0.3) is 5.91 Å². The van der Waals surface area contributed by atoms with Crippen LogP contribution in [-0.2, 0) is 6.42 Å². The minimum Gasteiger partial charge on any atom is -0.475 e. The first-order chi connectivity index (χ1) is 9.49. The van der Waals surface area contributed by atoms with E-state index in [9.17, 15) is 9.59 Å². The molecule has 0 aliphatic heterocycles. The molecular formula is C13H14N2O4S. The Balaban J connectivity index is 2.05. The van der Waals surface area contributed by atoms with Gasteiger partial charge in [-0.05, 0) is 18.4 Å². The highest BCUT2D eigenvalue weighted by molar-refractivity contribution is 7.09. The fourth-order valence-corrected chi connectivity index (χ4v) is 2.54. The Morgan fingerprint density at radius 1 is 1.55 bits per heavy atom. The summed E-state index contributed by atoms with van der Waals surface area (Å²) < 4.78 is 4.59. The Bertz CT molecular complexity index is 606. The minimum absolute atomic E-state index is 0.00271. The topological polar surface area (TPSA) is 83.6 Å². The first-order valence-electron chi connectivity index (χ1n) is 5.98. The van der Waals surface area contributed by atoms with Crippen LogP contribution in [0.15, 0.2) is 28.1 Å². The number of thiophene rings is 1. The number of rotatable bonds is 5. The number of hydrogen-bond acceptors (Lipinski definition) is 5. The van der Waals surface area contributed by atoms with Crippen LogP contribution in [0.25, 0.3) is 0 Å². The molecule has 106 valence electrons. The first-order valence-corrected chi connectivity index (χ1v) is 6.86. The highest BCUT2D eigenvalue weighted by Crippen LogP contribution is 2.15. The Labute approximate surface area is 119 Å². The summed E-state index contributed by atoms with van der Waals surface area (Å²) in [5, 5.41) is 14.2. The van der Waals surface area contributed by atoms with Gasteiger partial charge in [-0.1, -0.05) is 11.2 Å². The lowest BCUT2D eigenvalue weighted by Crippen LogP contribution is -2.36. The molecule has 7 heteroatoms. The van der Waals surface area contributed by atoms with Crippen molar-refractivity contribution >= 4 is 23.2 Å². The summed E-state index contributed by atoms with van der Waals surface area (Å²) in [7, 11) is 1.66. The van der Waals surface area contributed by atoms with E-state index in [1.807, 2.05) is 24.4 Å².